The Kier molecular flexibility index (Phi) is 28.1. The minimum atomic E-state index is -0.00620. The van der Waals surface area contributed by atoms with Gasteiger partial charge in [0.2, 0.25) is 0 Å². The van der Waals surface area contributed by atoms with Gasteiger partial charge in [-0.25, -0.2) is 0 Å². The van der Waals surface area contributed by atoms with Gasteiger partial charge < -0.3 is 45.5 Å². The molecule has 0 aromatic heterocycles. The van der Waals surface area contributed by atoms with Crippen molar-refractivity contribution < 1.29 is 60.0 Å². The summed E-state index contributed by atoms with van der Waals surface area (Å²) in [4.78, 5) is 27.7. The first-order valence-electron chi connectivity index (χ1n) is 25.4. The Balaban J connectivity index is 0.000000467. The summed E-state index contributed by atoms with van der Waals surface area (Å²) >= 11 is 0. The van der Waals surface area contributed by atoms with Crippen LogP contribution in [0.25, 0.3) is 0 Å². The summed E-state index contributed by atoms with van der Waals surface area (Å²) in [6.07, 6.45) is 15.0. The van der Waals surface area contributed by atoms with Crippen molar-refractivity contribution in [3.05, 3.63) is 95.1 Å². The number of anilines is 4. The standard InChI is InChI=1S/2C28H40N4O2.2Cu.H2O/c2*1-5-31(6-2)23-15-13-21(27(33)17-23)19-29-25-11-9-10-12-26(25)30-20-22-14-16-24(18-28(22)34)32(7-3)8-4;;;/h2*13-20,25-26,33-34H,5-12H2,1-4H3;;;1H2/q;;2*+2;/p-4/t2*25-,26-;;;/m10.../s1. The first kappa shape index (κ1) is 62.1. The molecule has 15 heteroatoms. The van der Waals surface area contributed by atoms with E-state index in [1.165, 1.54) is 0 Å². The Morgan fingerprint density at radius 2 is 0.549 bits per heavy atom. The van der Waals surface area contributed by atoms with Crippen LogP contribution in [0.15, 0.2) is 92.8 Å². The number of hydrogen-bond acceptors (Lipinski definition) is 12. The molecule has 0 bridgehead atoms. The monoisotopic (exact) mass is 1070 g/mol. The predicted octanol–water partition coefficient (Wildman–Crippen LogP) is 7.92. The van der Waals surface area contributed by atoms with E-state index in [1.54, 1.807) is 49.1 Å². The van der Waals surface area contributed by atoms with E-state index in [4.69, 9.17) is 20.0 Å². The van der Waals surface area contributed by atoms with E-state index in [2.05, 4.69) is 75.0 Å². The molecule has 6 rings (SSSR count). The van der Waals surface area contributed by atoms with Crippen LogP contribution in [0.3, 0.4) is 0 Å². The molecule has 71 heavy (non-hydrogen) atoms. The second-order valence-corrected chi connectivity index (χ2v) is 17.5. The van der Waals surface area contributed by atoms with E-state index in [1.807, 2.05) is 48.5 Å². The van der Waals surface area contributed by atoms with Crippen molar-refractivity contribution in [1.82, 2.24) is 0 Å². The second-order valence-electron chi connectivity index (χ2n) is 17.5. The van der Waals surface area contributed by atoms with Crippen LogP contribution in [0, 0.1) is 0 Å². The van der Waals surface area contributed by atoms with Crippen LogP contribution in [0.2, 0.25) is 0 Å². The average molecular weight is 1070 g/mol. The number of hydrogen-bond donors (Lipinski definition) is 0. The van der Waals surface area contributed by atoms with Crippen LogP contribution >= 0.6 is 0 Å². The van der Waals surface area contributed by atoms with Crippen molar-refractivity contribution in [1.29, 1.82) is 0 Å². The van der Waals surface area contributed by atoms with Gasteiger partial charge in [0.1, 0.15) is 0 Å². The molecule has 0 heterocycles. The Bertz CT molecular complexity index is 1980. The van der Waals surface area contributed by atoms with Crippen molar-refractivity contribution in [2.75, 3.05) is 72.0 Å². The summed E-state index contributed by atoms with van der Waals surface area (Å²) in [6, 6.07) is 22.3. The van der Waals surface area contributed by atoms with Gasteiger partial charge in [0.25, 0.3) is 0 Å². The molecular formula is C56H78Cu2N8O5. The molecule has 4 aromatic rings. The number of benzene rings is 4. The van der Waals surface area contributed by atoms with Gasteiger partial charge in [0, 0.05) is 100.0 Å². The van der Waals surface area contributed by atoms with Gasteiger partial charge >= 0.3 is 34.1 Å². The van der Waals surface area contributed by atoms with E-state index < -0.39 is 0 Å². The van der Waals surface area contributed by atoms with Crippen LogP contribution in [0.4, 0.5) is 22.7 Å². The molecule has 4 atom stereocenters. The van der Waals surface area contributed by atoms with Crippen molar-refractivity contribution in [3.8, 4) is 23.0 Å². The van der Waals surface area contributed by atoms with Gasteiger partial charge in [-0.2, -0.15) is 0 Å². The molecule has 2 N–H and O–H groups in total. The molecule has 2 aliphatic rings. The molecule has 2 saturated carbocycles. The van der Waals surface area contributed by atoms with E-state index in [0.29, 0.717) is 22.3 Å². The van der Waals surface area contributed by atoms with Crippen molar-refractivity contribution >= 4 is 47.6 Å². The van der Waals surface area contributed by atoms with Crippen molar-refractivity contribution in [3.63, 3.8) is 0 Å². The average Bonchev–Trinajstić information content (AvgIpc) is 3.35. The van der Waals surface area contributed by atoms with Gasteiger partial charge in [-0.1, -0.05) is 72.9 Å². The minimum absolute atomic E-state index is 0. The molecule has 0 aliphatic heterocycles. The van der Waals surface area contributed by atoms with E-state index >= 15 is 0 Å². The third-order valence-electron chi connectivity index (χ3n) is 13.5. The second kappa shape index (κ2) is 32.1. The smallest absolute Gasteiger partial charge is 0.872 e. The predicted molar refractivity (Wildman–Crippen MR) is 284 cm³/mol. The third kappa shape index (κ3) is 17.6. The maximum atomic E-state index is 12.6. The molecule has 0 spiro atoms. The van der Waals surface area contributed by atoms with Gasteiger partial charge in [0.15, 0.2) is 0 Å². The minimum Gasteiger partial charge on any atom is -0.872 e. The fourth-order valence-electron chi connectivity index (χ4n) is 9.24. The van der Waals surface area contributed by atoms with Gasteiger partial charge in [0.05, 0.1) is 24.2 Å². The first-order chi connectivity index (χ1) is 33.0. The molecule has 394 valence electrons. The fourth-order valence-corrected chi connectivity index (χ4v) is 9.24. The maximum absolute atomic E-state index is 12.6. The molecule has 2 fully saturated rings. The molecule has 0 unspecified atom stereocenters. The van der Waals surface area contributed by atoms with Gasteiger partial charge in [-0.3, -0.25) is 20.0 Å². The molecule has 13 nitrogen and oxygen atoms in total. The van der Waals surface area contributed by atoms with Crippen LogP contribution in [-0.2, 0) is 34.1 Å². The molecule has 2 radical (unpaired) electrons. The summed E-state index contributed by atoms with van der Waals surface area (Å²) in [7, 11) is 0. The van der Waals surface area contributed by atoms with Gasteiger partial charge in [-0.15, -0.1) is 0 Å². The number of nitrogens with zero attached hydrogens (tertiary/aromatic N) is 8. The summed E-state index contributed by atoms with van der Waals surface area (Å²) in [5.41, 5.74) is 6.24. The summed E-state index contributed by atoms with van der Waals surface area (Å²) in [6.45, 7) is 23.6. The summed E-state index contributed by atoms with van der Waals surface area (Å²) in [5, 5.41) is 50.4. The fraction of sp³-hybridized carbons (Fsp3) is 0.500. The molecule has 2 aliphatic carbocycles. The SMILES string of the molecule is CCN(CC)c1ccc(C=N[C@@H]2CCCC[C@H]2N=Cc2ccc(N(CC)CC)cc2[O-])c([O-])c1.CCN(CC)c1ccc(C=N[C@H]2CCCC[C@@H]2N=Cc2ccc(N(CC)CC)cc2[O-])c([O-])c1.O.[Cu+2].[Cu+2]. The first-order valence-corrected chi connectivity index (χ1v) is 25.4. The summed E-state index contributed by atoms with van der Waals surface area (Å²) < 4.78 is 0. The molecular weight excluding hydrogens is 992 g/mol. The quantitative estimate of drug-likeness (QED) is 0.0631. The van der Waals surface area contributed by atoms with Crippen LogP contribution in [0.5, 0.6) is 23.0 Å². The van der Waals surface area contributed by atoms with E-state index in [-0.39, 0.29) is 86.8 Å². The van der Waals surface area contributed by atoms with E-state index in [0.717, 1.165) is 126 Å². The molecule has 4 aromatic carbocycles. The maximum Gasteiger partial charge on any atom is 2.00 e. The van der Waals surface area contributed by atoms with Crippen LogP contribution in [-0.4, -0.2) is 107 Å². The van der Waals surface area contributed by atoms with Crippen LogP contribution in [0.1, 0.15) is 129 Å². The van der Waals surface area contributed by atoms with Crippen molar-refractivity contribution in [2.24, 2.45) is 20.0 Å². The van der Waals surface area contributed by atoms with Crippen molar-refractivity contribution in [2.45, 2.75) is 131 Å². The number of aliphatic imine (C=N–C) groups is 4. The van der Waals surface area contributed by atoms with Crippen LogP contribution < -0.4 is 40.0 Å². The van der Waals surface area contributed by atoms with Gasteiger partial charge in [-0.05, 0) is 152 Å². The topological polar surface area (TPSA) is 186 Å². The zero-order valence-electron chi connectivity index (χ0n) is 43.2. The number of rotatable bonds is 20. The Morgan fingerprint density at radius 1 is 0.366 bits per heavy atom. The summed E-state index contributed by atoms with van der Waals surface area (Å²) in [5.74, 6) is -0.0248. The van der Waals surface area contributed by atoms with E-state index in [9.17, 15) is 20.4 Å². The zero-order valence-corrected chi connectivity index (χ0v) is 45.1. The molecule has 0 saturated heterocycles. The Morgan fingerprint density at radius 3 is 0.704 bits per heavy atom. The largest absolute Gasteiger partial charge is 2.00 e. The molecule has 0 amide bonds. The third-order valence-corrected chi connectivity index (χ3v) is 13.5. The normalized spacial score (nSPS) is 17.8. The Labute approximate surface area is 446 Å². The Hall–Kier alpha value is -5.04. The zero-order chi connectivity index (χ0) is 49.0.